The maximum absolute atomic E-state index is 12.8. The summed E-state index contributed by atoms with van der Waals surface area (Å²) in [5.74, 6) is 0.574. The van der Waals surface area contributed by atoms with E-state index >= 15 is 0 Å². The number of sulfonamides is 1. The minimum absolute atomic E-state index is 0.286. The average Bonchev–Trinajstić information content (AvgIpc) is 2.74. The molecule has 31 heavy (non-hydrogen) atoms. The van der Waals surface area contributed by atoms with Gasteiger partial charge in [0.15, 0.2) is 0 Å². The van der Waals surface area contributed by atoms with Gasteiger partial charge in [-0.3, -0.25) is 9.69 Å². The number of nitrogens with one attached hydrogen (secondary N) is 1. The molecule has 8 nitrogen and oxygen atoms in total. The van der Waals surface area contributed by atoms with Gasteiger partial charge in [-0.25, -0.2) is 8.42 Å². The van der Waals surface area contributed by atoms with Crippen LogP contribution < -0.4 is 14.8 Å². The molecule has 0 saturated carbocycles. The second kappa shape index (κ2) is 9.86. The summed E-state index contributed by atoms with van der Waals surface area (Å²) in [7, 11) is -0.161. The number of amides is 1. The van der Waals surface area contributed by atoms with E-state index < -0.39 is 10.0 Å². The Bertz CT molecular complexity index is 1050. The molecular formula is C21H26ClN3O5S. The Labute approximate surface area is 187 Å². The molecule has 1 fully saturated rings. The van der Waals surface area contributed by atoms with Crippen LogP contribution in [-0.4, -0.2) is 70.2 Å². The van der Waals surface area contributed by atoms with Crippen molar-refractivity contribution in [2.75, 3.05) is 52.0 Å². The summed E-state index contributed by atoms with van der Waals surface area (Å²) in [4.78, 5) is 15.0. The van der Waals surface area contributed by atoms with Crippen molar-refractivity contribution in [3.05, 3.63) is 52.5 Å². The highest BCUT2D eigenvalue weighted by atomic mass is 35.5. The number of carbonyl (C=O) groups excluding carboxylic acids is 1. The van der Waals surface area contributed by atoms with Gasteiger partial charge >= 0.3 is 0 Å². The minimum Gasteiger partial charge on any atom is -0.495 e. The molecule has 0 unspecified atom stereocenters. The fraction of sp³-hybridized carbons (Fsp3) is 0.381. The lowest BCUT2D eigenvalue weighted by atomic mass is 10.1. The highest BCUT2D eigenvalue weighted by Crippen LogP contribution is 2.36. The fourth-order valence-electron chi connectivity index (χ4n) is 3.44. The molecule has 0 aromatic heterocycles. The first kappa shape index (κ1) is 23.3. The molecule has 0 atom stereocenters. The van der Waals surface area contributed by atoms with Gasteiger partial charge in [-0.05, 0) is 17.7 Å². The summed E-state index contributed by atoms with van der Waals surface area (Å²) in [6.45, 7) is 2.86. The molecule has 0 radical (unpaired) electrons. The van der Waals surface area contributed by atoms with Gasteiger partial charge in [-0.2, -0.15) is 4.31 Å². The van der Waals surface area contributed by atoms with Crippen molar-refractivity contribution < 1.29 is 22.7 Å². The van der Waals surface area contributed by atoms with E-state index in [0.717, 1.165) is 5.56 Å². The first-order valence-electron chi connectivity index (χ1n) is 9.70. The molecule has 1 heterocycles. The predicted molar refractivity (Wildman–Crippen MR) is 121 cm³/mol. The molecule has 1 aliphatic rings. The molecular weight excluding hydrogens is 442 g/mol. The first-order chi connectivity index (χ1) is 14.7. The zero-order chi connectivity index (χ0) is 22.6. The van der Waals surface area contributed by atoms with Crippen molar-refractivity contribution in [2.24, 2.45) is 0 Å². The van der Waals surface area contributed by atoms with E-state index in [0.29, 0.717) is 60.5 Å². The van der Waals surface area contributed by atoms with E-state index in [-0.39, 0.29) is 5.91 Å². The molecule has 0 bridgehead atoms. The van der Waals surface area contributed by atoms with E-state index in [4.69, 9.17) is 21.1 Å². The van der Waals surface area contributed by atoms with Crippen LogP contribution in [0.1, 0.15) is 15.9 Å². The highest BCUT2D eigenvalue weighted by molar-refractivity contribution is 7.88. The van der Waals surface area contributed by atoms with Crippen LogP contribution in [0.3, 0.4) is 0 Å². The third-order valence-corrected chi connectivity index (χ3v) is 6.72. The van der Waals surface area contributed by atoms with Gasteiger partial charge in [-0.15, -0.1) is 0 Å². The number of halogens is 1. The van der Waals surface area contributed by atoms with E-state index in [1.54, 1.807) is 18.2 Å². The number of nitrogens with zero attached hydrogens (tertiary/aromatic N) is 2. The maximum atomic E-state index is 12.8. The first-order valence-corrected chi connectivity index (χ1v) is 11.9. The average molecular weight is 468 g/mol. The molecule has 1 N–H and O–H groups in total. The Hall–Kier alpha value is -2.33. The molecule has 168 valence electrons. The second-order valence-corrected chi connectivity index (χ2v) is 9.67. The molecule has 1 amide bonds. The normalized spacial score (nSPS) is 15.5. The Balaban J connectivity index is 1.69. The van der Waals surface area contributed by atoms with E-state index in [1.807, 2.05) is 18.2 Å². The monoisotopic (exact) mass is 467 g/mol. The van der Waals surface area contributed by atoms with Crippen LogP contribution in [0, 0.1) is 0 Å². The van der Waals surface area contributed by atoms with Crippen LogP contribution in [0.25, 0.3) is 0 Å². The van der Waals surface area contributed by atoms with Crippen LogP contribution >= 0.6 is 11.6 Å². The summed E-state index contributed by atoms with van der Waals surface area (Å²) in [5.41, 5.74) is 1.93. The molecule has 3 rings (SSSR count). The van der Waals surface area contributed by atoms with E-state index in [2.05, 4.69) is 10.2 Å². The van der Waals surface area contributed by atoms with E-state index in [1.165, 1.54) is 24.8 Å². The lowest BCUT2D eigenvalue weighted by Gasteiger charge is -2.33. The zero-order valence-electron chi connectivity index (χ0n) is 17.7. The van der Waals surface area contributed by atoms with Crippen molar-refractivity contribution in [1.82, 2.24) is 9.21 Å². The maximum Gasteiger partial charge on any atom is 0.255 e. The van der Waals surface area contributed by atoms with Crippen LogP contribution in [0.15, 0.2) is 36.4 Å². The molecule has 10 heteroatoms. The number of carbonyl (C=O) groups is 1. The number of methoxy groups -OCH3 is 2. The third-order valence-electron chi connectivity index (χ3n) is 5.12. The molecule has 0 spiro atoms. The molecule has 1 saturated heterocycles. The summed E-state index contributed by atoms with van der Waals surface area (Å²) in [6, 6.07) is 10.5. The fourth-order valence-corrected chi connectivity index (χ4v) is 4.50. The third kappa shape index (κ3) is 5.88. The number of ether oxygens (including phenoxy) is 2. The number of anilines is 1. The largest absolute Gasteiger partial charge is 0.495 e. The quantitative estimate of drug-likeness (QED) is 0.673. The van der Waals surface area contributed by atoms with Crippen molar-refractivity contribution in [3.63, 3.8) is 0 Å². The van der Waals surface area contributed by atoms with Crippen molar-refractivity contribution in [3.8, 4) is 11.5 Å². The molecule has 2 aromatic carbocycles. The van der Waals surface area contributed by atoms with Crippen LogP contribution in [0.5, 0.6) is 11.5 Å². The minimum atomic E-state index is -3.16. The Morgan fingerprint density at radius 2 is 1.74 bits per heavy atom. The van der Waals surface area contributed by atoms with Crippen LogP contribution in [0.2, 0.25) is 5.02 Å². The predicted octanol–water partition coefficient (Wildman–Crippen LogP) is 2.69. The summed E-state index contributed by atoms with van der Waals surface area (Å²) in [5, 5.41) is 3.23. The molecule has 1 aliphatic heterocycles. The highest BCUT2D eigenvalue weighted by Gasteiger charge is 2.23. The number of hydrogen-bond acceptors (Lipinski definition) is 6. The number of benzene rings is 2. The smallest absolute Gasteiger partial charge is 0.255 e. The van der Waals surface area contributed by atoms with Gasteiger partial charge in [0.1, 0.15) is 11.5 Å². The Kier molecular flexibility index (Phi) is 7.42. The summed E-state index contributed by atoms with van der Waals surface area (Å²) < 4.78 is 35.3. The molecule has 2 aromatic rings. The van der Waals surface area contributed by atoms with Gasteiger partial charge in [0.05, 0.1) is 31.2 Å². The van der Waals surface area contributed by atoms with Crippen molar-refractivity contribution in [2.45, 2.75) is 6.54 Å². The lowest BCUT2D eigenvalue weighted by molar-refractivity contribution is 0.102. The second-order valence-electron chi connectivity index (χ2n) is 7.28. The van der Waals surface area contributed by atoms with Gasteiger partial charge in [0.25, 0.3) is 5.91 Å². The lowest BCUT2D eigenvalue weighted by Crippen LogP contribution is -2.47. The van der Waals surface area contributed by atoms with Gasteiger partial charge < -0.3 is 14.8 Å². The Morgan fingerprint density at radius 3 is 2.35 bits per heavy atom. The van der Waals surface area contributed by atoms with Gasteiger partial charge in [-0.1, -0.05) is 23.7 Å². The van der Waals surface area contributed by atoms with Gasteiger partial charge in [0, 0.05) is 50.4 Å². The summed E-state index contributed by atoms with van der Waals surface area (Å²) >= 11 is 6.12. The van der Waals surface area contributed by atoms with Crippen LogP contribution in [-0.2, 0) is 16.6 Å². The topological polar surface area (TPSA) is 88.2 Å². The van der Waals surface area contributed by atoms with Crippen molar-refractivity contribution >= 4 is 33.2 Å². The number of hydrogen-bond donors (Lipinski definition) is 1. The zero-order valence-corrected chi connectivity index (χ0v) is 19.3. The summed E-state index contributed by atoms with van der Waals surface area (Å²) in [6.07, 6.45) is 1.23. The number of rotatable bonds is 7. The molecule has 0 aliphatic carbocycles. The Morgan fingerprint density at radius 1 is 1.06 bits per heavy atom. The number of piperazine rings is 1. The SMILES string of the molecule is COc1cc(NC(=O)c2cccc(CN3CCN(S(C)(=O)=O)CC3)c2)c(OC)cc1Cl. The van der Waals surface area contributed by atoms with Crippen LogP contribution in [0.4, 0.5) is 5.69 Å². The standard InChI is InChI=1S/C21H26ClN3O5S/c1-29-19-13-18(20(30-2)12-17(19)22)23-21(26)16-6-4-5-15(11-16)14-24-7-9-25(10-8-24)31(3,27)28/h4-6,11-13H,7-10,14H2,1-3H3,(H,23,26). The van der Waals surface area contributed by atoms with E-state index in [9.17, 15) is 13.2 Å². The van der Waals surface area contributed by atoms with Crippen molar-refractivity contribution in [1.29, 1.82) is 0 Å². The van der Waals surface area contributed by atoms with Gasteiger partial charge in [0.2, 0.25) is 10.0 Å².